The SMILES string of the molecule is O=C(Nc1ccc(Cl)cc1)Nc1nc(-c2cccnc2)cs1. The lowest BCUT2D eigenvalue weighted by Crippen LogP contribution is -2.19. The zero-order chi connectivity index (χ0) is 15.4. The van der Waals surface area contributed by atoms with Crippen molar-refractivity contribution >= 4 is 39.8 Å². The fraction of sp³-hybridized carbons (Fsp3) is 0. The Morgan fingerprint density at radius 2 is 1.95 bits per heavy atom. The smallest absolute Gasteiger partial charge is 0.308 e. The van der Waals surface area contributed by atoms with Crippen LogP contribution in [0.15, 0.2) is 54.2 Å². The summed E-state index contributed by atoms with van der Waals surface area (Å²) in [6.45, 7) is 0. The lowest BCUT2D eigenvalue weighted by molar-refractivity contribution is 0.262. The first-order valence-electron chi connectivity index (χ1n) is 6.40. The van der Waals surface area contributed by atoms with E-state index >= 15 is 0 Å². The molecule has 22 heavy (non-hydrogen) atoms. The van der Waals surface area contributed by atoms with E-state index in [0.29, 0.717) is 15.8 Å². The number of rotatable bonds is 3. The van der Waals surface area contributed by atoms with Crippen molar-refractivity contribution in [1.82, 2.24) is 9.97 Å². The lowest BCUT2D eigenvalue weighted by atomic mass is 10.2. The van der Waals surface area contributed by atoms with Crippen LogP contribution in [0.25, 0.3) is 11.3 Å². The van der Waals surface area contributed by atoms with Gasteiger partial charge in [-0.25, -0.2) is 9.78 Å². The molecule has 0 atom stereocenters. The predicted octanol–water partition coefficient (Wildman–Crippen LogP) is 4.50. The maximum absolute atomic E-state index is 11.9. The van der Waals surface area contributed by atoms with E-state index in [9.17, 15) is 4.79 Å². The van der Waals surface area contributed by atoms with E-state index in [1.807, 2.05) is 17.5 Å². The maximum Gasteiger partial charge on any atom is 0.325 e. The molecule has 0 bridgehead atoms. The average molecular weight is 331 g/mol. The minimum atomic E-state index is -0.352. The van der Waals surface area contributed by atoms with Crippen LogP contribution >= 0.6 is 22.9 Å². The van der Waals surface area contributed by atoms with Crippen LogP contribution in [-0.2, 0) is 0 Å². The van der Waals surface area contributed by atoms with Crippen molar-refractivity contribution in [3.05, 3.63) is 59.2 Å². The molecular weight excluding hydrogens is 320 g/mol. The Kier molecular flexibility index (Phi) is 4.32. The molecule has 0 saturated heterocycles. The first-order valence-corrected chi connectivity index (χ1v) is 7.66. The number of hydrogen-bond acceptors (Lipinski definition) is 4. The zero-order valence-corrected chi connectivity index (χ0v) is 12.9. The molecule has 110 valence electrons. The molecule has 2 aromatic heterocycles. The third-order valence-electron chi connectivity index (χ3n) is 2.78. The summed E-state index contributed by atoms with van der Waals surface area (Å²) in [5.74, 6) is 0. The van der Waals surface area contributed by atoms with Gasteiger partial charge in [-0.15, -0.1) is 11.3 Å². The minimum absolute atomic E-state index is 0.352. The molecule has 1 aromatic carbocycles. The molecule has 0 aliphatic heterocycles. The van der Waals surface area contributed by atoms with Gasteiger partial charge < -0.3 is 5.32 Å². The molecule has 2 N–H and O–H groups in total. The Hall–Kier alpha value is -2.44. The molecule has 0 fully saturated rings. The van der Waals surface area contributed by atoms with Crippen LogP contribution in [0.4, 0.5) is 15.6 Å². The van der Waals surface area contributed by atoms with Crippen molar-refractivity contribution in [1.29, 1.82) is 0 Å². The summed E-state index contributed by atoms with van der Waals surface area (Å²) >= 11 is 7.15. The van der Waals surface area contributed by atoms with E-state index in [1.165, 1.54) is 11.3 Å². The molecule has 0 spiro atoms. The Morgan fingerprint density at radius 3 is 2.68 bits per heavy atom. The number of hydrogen-bond donors (Lipinski definition) is 2. The normalized spacial score (nSPS) is 10.2. The monoisotopic (exact) mass is 330 g/mol. The Labute approximate surface area is 136 Å². The molecule has 5 nitrogen and oxygen atoms in total. The number of thiazole rings is 1. The highest BCUT2D eigenvalue weighted by atomic mass is 35.5. The second-order valence-electron chi connectivity index (χ2n) is 4.37. The van der Waals surface area contributed by atoms with E-state index < -0.39 is 0 Å². The van der Waals surface area contributed by atoms with E-state index in [2.05, 4.69) is 20.6 Å². The van der Waals surface area contributed by atoms with E-state index in [4.69, 9.17) is 11.6 Å². The molecule has 0 aliphatic carbocycles. The first-order chi connectivity index (χ1) is 10.7. The maximum atomic E-state index is 11.9. The molecule has 0 aliphatic rings. The van der Waals surface area contributed by atoms with Crippen LogP contribution in [0.3, 0.4) is 0 Å². The molecule has 0 radical (unpaired) electrons. The van der Waals surface area contributed by atoms with Gasteiger partial charge in [0.1, 0.15) is 0 Å². The van der Waals surface area contributed by atoms with Crippen molar-refractivity contribution in [3.8, 4) is 11.3 Å². The zero-order valence-electron chi connectivity index (χ0n) is 11.3. The number of carbonyl (C=O) groups is 1. The molecule has 3 aromatic rings. The first kappa shape index (κ1) is 14.5. The highest BCUT2D eigenvalue weighted by Crippen LogP contribution is 2.24. The number of amides is 2. The minimum Gasteiger partial charge on any atom is -0.308 e. The Morgan fingerprint density at radius 1 is 1.14 bits per heavy atom. The van der Waals surface area contributed by atoms with Gasteiger partial charge in [0.15, 0.2) is 5.13 Å². The van der Waals surface area contributed by atoms with Crippen molar-refractivity contribution in [2.45, 2.75) is 0 Å². The molecule has 3 rings (SSSR count). The van der Waals surface area contributed by atoms with Crippen LogP contribution in [0.2, 0.25) is 5.02 Å². The van der Waals surface area contributed by atoms with Crippen molar-refractivity contribution in [2.24, 2.45) is 0 Å². The number of halogens is 1. The number of urea groups is 1. The molecule has 2 heterocycles. The van der Waals surface area contributed by atoms with Crippen LogP contribution in [0.1, 0.15) is 0 Å². The molecule has 0 saturated carbocycles. The third-order valence-corrected chi connectivity index (χ3v) is 3.79. The topological polar surface area (TPSA) is 66.9 Å². The van der Waals surface area contributed by atoms with Gasteiger partial charge in [0, 0.05) is 34.0 Å². The van der Waals surface area contributed by atoms with Crippen molar-refractivity contribution in [3.63, 3.8) is 0 Å². The standard InChI is InChI=1S/C15H11ClN4OS/c16-11-3-5-12(6-4-11)18-14(21)20-15-19-13(9-22-15)10-2-1-7-17-8-10/h1-9H,(H2,18,19,20,21). The molecule has 2 amide bonds. The summed E-state index contributed by atoms with van der Waals surface area (Å²) in [4.78, 5) is 20.3. The molecule has 7 heteroatoms. The van der Waals surface area contributed by atoms with Gasteiger partial charge in [0.2, 0.25) is 0 Å². The van der Waals surface area contributed by atoms with Crippen molar-refractivity contribution < 1.29 is 4.79 Å². The summed E-state index contributed by atoms with van der Waals surface area (Å²) < 4.78 is 0. The van der Waals surface area contributed by atoms with Gasteiger partial charge in [-0.1, -0.05) is 11.6 Å². The largest absolute Gasteiger partial charge is 0.325 e. The predicted molar refractivity (Wildman–Crippen MR) is 89.4 cm³/mol. The number of benzene rings is 1. The summed E-state index contributed by atoms with van der Waals surface area (Å²) in [5, 5.41) is 8.42. The summed E-state index contributed by atoms with van der Waals surface area (Å²) in [6.07, 6.45) is 3.43. The Balaban J connectivity index is 1.65. The summed E-state index contributed by atoms with van der Waals surface area (Å²) in [6, 6.07) is 10.3. The van der Waals surface area contributed by atoms with E-state index in [0.717, 1.165) is 11.3 Å². The second-order valence-corrected chi connectivity index (χ2v) is 5.66. The number of aromatic nitrogens is 2. The lowest BCUT2D eigenvalue weighted by Gasteiger charge is -2.05. The van der Waals surface area contributed by atoms with E-state index in [-0.39, 0.29) is 6.03 Å². The van der Waals surface area contributed by atoms with Gasteiger partial charge >= 0.3 is 6.03 Å². The van der Waals surface area contributed by atoms with Gasteiger partial charge in [-0.2, -0.15) is 0 Å². The van der Waals surface area contributed by atoms with Gasteiger partial charge in [-0.3, -0.25) is 10.3 Å². The fourth-order valence-corrected chi connectivity index (χ4v) is 2.61. The number of nitrogens with one attached hydrogen (secondary N) is 2. The average Bonchev–Trinajstić information content (AvgIpc) is 2.99. The summed E-state index contributed by atoms with van der Waals surface area (Å²) in [7, 11) is 0. The quantitative estimate of drug-likeness (QED) is 0.742. The van der Waals surface area contributed by atoms with E-state index in [1.54, 1.807) is 36.7 Å². The van der Waals surface area contributed by atoms with Gasteiger partial charge in [0.05, 0.1) is 5.69 Å². The van der Waals surface area contributed by atoms with Crippen LogP contribution in [0.5, 0.6) is 0 Å². The van der Waals surface area contributed by atoms with Crippen LogP contribution < -0.4 is 10.6 Å². The number of anilines is 2. The molecule has 0 unspecified atom stereocenters. The number of carbonyl (C=O) groups excluding carboxylic acids is 1. The second kappa shape index (κ2) is 6.55. The molecular formula is C15H11ClN4OS. The highest BCUT2D eigenvalue weighted by molar-refractivity contribution is 7.14. The fourth-order valence-electron chi connectivity index (χ4n) is 1.77. The van der Waals surface area contributed by atoms with Crippen LogP contribution in [-0.4, -0.2) is 16.0 Å². The van der Waals surface area contributed by atoms with Crippen LogP contribution in [0, 0.1) is 0 Å². The Bertz CT molecular complexity index is 774. The van der Waals surface area contributed by atoms with Gasteiger partial charge in [-0.05, 0) is 36.4 Å². The summed E-state index contributed by atoms with van der Waals surface area (Å²) in [5.41, 5.74) is 2.34. The highest BCUT2D eigenvalue weighted by Gasteiger charge is 2.08. The van der Waals surface area contributed by atoms with Gasteiger partial charge in [0.25, 0.3) is 0 Å². The number of pyridine rings is 1. The third kappa shape index (κ3) is 3.60. The number of nitrogens with zero attached hydrogens (tertiary/aromatic N) is 2. The van der Waals surface area contributed by atoms with Crippen molar-refractivity contribution in [2.75, 3.05) is 10.6 Å².